The lowest BCUT2D eigenvalue weighted by molar-refractivity contribution is -0.0135. The Kier molecular flexibility index (Phi) is 22.4. The number of unbranched alkanes of at least 4 members (excludes halogenated alkanes) is 15. The minimum atomic E-state index is -0.443. The van der Waals surface area contributed by atoms with Gasteiger partial charge in [0, 0.05) is 31.9 Å². The third kappa shape index (κ3) is 14.8. The molecule has 0 radical (unpaired) electrons. The zero-order valence-electron chi connectivity index (χ0n) is 21.7. The van der Waals surface area contributed by atoms with E-state index in [0.29, 0.717) is 19.3 Å². The summed E-state index contributed by atoms with van der Waals surface area (Å²) in [6.07, 6.45) is 23.3. The van der Waals surface area contributed by atoms with Crippen LogP contribution in [0.3, 0.4) is 0 Å². The highest BCUT2D eigenvalue weighted by molar-refractivity contribution is 4.92. The van der Waals surface area contributed by atoms with Crippen molar-refractivity contribution in [3.8, 4) is 0 Å². The van der Waals surface area contributed by atoms with Crippen LogP contribution in [0.1, 0.15) is 136 Å². The van der Waals surface area contributed by atoms with Crippen LogP contribution in [0.2, 0.25) is 0 Å². The highest BCUT2D eigenvalue weighted by Gasteiger charge is 2.39. The fourth-order valence-electron chi connectivity index (χ4n) is 5.09. The van der Waals surface area contributed by atoms with Crippen LogP contribution in [-0.4, -0.2) is 52.2 Å². The van der Waals surface area contributed by atoms with Gasteiger partial charge in [-0.3, -0.25) is 5.84 Å². The first-order valence-corrected chi connectivity index (χ1v) is 13.9. The van der Waals surface area contributed by atoms with Crippen molar-refractivity contribution in [3.63, 3.8) is 0 Å². The Morgan fingerprint density at radius 2 is 1.00 bits per heavy atom. The molecule has 0 fully saturated rings. The van der Waals surface area contributed by atoms with E-state index in [2.05, 4.69) is 13.8 Å². The Labute approximate surface area is 200 Å². The Hall–Kier alpha value is -0.200. The van der Waals surface area contributed by atoms with Gasteiger partial charge in [-0.25, -0.2) is 5.01 Å². The number of nitrogens with zero attached hydrogens (tertiary/aromatic N) is 1. The van der Waals surface area contributed by atoms with Crippen LogP contribution in [-0.2, 0) is 0 Å². The van der Waals surface area contributed by atoms with E-state index < -0.39 is 5.54 Å². The molecule has 0 aromatic rings. The predicted molar refractivity (Wildman–Crippen MR) is 137 cm³/mol. The molecule has 0 spiro atoms. The summed E-state index contributed by atoms with van der Waals surface area (Å²) in [6.45, 7) is 5.31. The van der Waals surface area contributed by atoms with Gasteiger partial charge in [0.05, 0.1) is 0 Å². The molecule has 0 aliphatic rings. The van der Waals surface area contributed by atoms with Gasteiger partial charge in [0.15, 0.2) is 0 Å². The topological polar surface area (TPSA) is 90.0 Å². The maximum atomic E-state index is 9.58. The lowest BCUT2D eigenvalue weighted by atomic mass is 9.77. The first-order chi connectivity index (χ1) is 15.6. The van der Waals surface area contributed by atoms with E-state index in [1.807, 2.05) is 5.01 Å². The van der Waals surface area contributed by atoms with Gasteiger partial charge in [0.25, 0.3) is 0 Å². The number of aliphatic hydroxyl groups is 3. The molecule has 5 N–H and O–H groups in total. The van der Waals surface area contributed by atoms with Crippen molar-refractivity contribution >= 4 is 0 Å². The summed E-state index contributed by atoms with van der Waals surface area (Å²) in [5.74, 6) is 6.57. The number of hydrazine groups is 1. The summed E-state index contributed by atoms with van der Waals surface area (Å²) in [5.41, 5.74) is -0.443. The quantitative estimate of drug-likeness (QED) is 0.0771. The SMILES string of the molecule is CCCCCCCCCCCCCCCCCCN(N)C(CCO)(CCO)C(C)CCO. The van der Waals surface area contributed by atoms with Crippen molar-refractivity contribution in [2.75, 3.05) is 26.4 Å². The monoisotopic (exact) mass is 458 g/mol. The van der Waals surface area contributed by atoms with Crippen molar-refractivity contribution in [2.24, 2.45) is 11.8 Å². The van der Waals surface area contributed by atoms with Gasteiger partial charge >= 0.3 is 0 Å². The third-order valence-corrected chi connectivity index (χ3v) is 7.39. The molecule has 0 aliphatic carbocycles. The molecule has 1 atom stereocenters. The molecule has 0 aromatic heterocycles. The average molecular weight is 459 g/mol. The van der Waals surface area contributed by atoms with Gasteiger partial charge in [-0.1, -0.05) is 110 Å². The molecule has 0 aliphatic heterocycles. The second kappa shape index (κ2) is 22.6. The summed E-state index contributed by atoms with van der Waals surface area (Å²) in [5, 5.41) is 30.4. The van der Waals surface area contributed by atoms with Crippen molar-refractivity contribution in [1.82, 2.24) is 5.01 Å². The van der Waals surface area contributed by atoms with Gasteiger partial charge < -0.3 is 15.3 Å². The lowest BCUT2D eigenvalue weighted by Gasteiger charge is -2.45. The third-order valence-electron chi connectivity index (χ3n) is 7.39. The molecule has 5 heteroatoms. The van der Waals surface area contributed by atoms with Gasteiger partial charge in [0.2, 0.25) is 0 Å². The van der Waals surface area contributed by atoms with Crippen molar-refractivity contribution in [1.29, 1.82) is 0 Å². The molecule has 5 nitrogen and oxygen atoms in total. The first-order valence-electron chi connectivity index (χ1n) is 13.9. The zero-order chi connectivity index (χ0) is 23.9. The Morgan fingerprint density at radius 3 is 1.34 bits per heavy atom. The molecular weight excluding hydrogens is 400 g/mol. The number of hydrogen-bond acceptors (Lipinski definition) is 5. The van der Waals surface area contributed by atoms with E-state index in [0.717, 1.165) is 13.0 Å². The van der Waals surface area contributed by atoms with Crippen LogP contribution in [0, 0.1) is 5.92 Å². The fourth-order valence-corrected chi connectivity index (χ4v) is 5.09. The predicted octanol–water partition coefficient (Wildman–Crippen LogP) is 5.95. The molecule has 1 unspecified atom stereocenters. The molecule has 0 saturated heterocycles. The number of aliphatic hydroxyl groups excluding tert-OH is 3. The first kappa shape index (κ1) is 31.8. The summed E-state index contributed by atoms with van der Waals surface area (Å²) in [4.78, 5) is 0. The highest BCUT2D eigenvalue weighted by Crippen LogP contribution is 2.33. The van der Waals surface area contributed by atoms with Gasteiger partial charge in [-0.2, -0.15) is 0 Å². The maximum Gasteiger partial charge on any atom is 0.0449 e. The van der Waals surface area contributed by atoms with Gasteiger partial charge in [0.1, 0.15) is 0 Å². The normalized spacial score (nSPS) is 13.2. The summed E-state index contributed by atoms with van der Waals surface area (Å²) in [6, 6.07) is 0. The molecule has 0 aromatic carbocycles. The molecule has 194 valence electrons. The van der Waals surface area contributed by atoms with E-state index in [1.54, 1.807) is 0 Å². The molecule has 32 heavy (non-hydrogen) atoms. The van der Waals surface area contributed by atoms with E-state index in [1.165, 1.54) is 96.3 Å². The lowest BCUT2D eigenvalue weighted by Crippen LogP contribution is -2.58. The highest BCUT2D eigenvalue weighted by atomic mass is 16.3. The van der Waals surface area contributed by atoms with Gasteiger partial charge in [-0.15, -0.1) is 0 Å². The number of nitrogens with two attached hydrogens (primary N) is 1. The minimum Gasteiger partial charge on any atom is -0.396 e. The summed E-state index contributed by atoms with van der Waals surface area (Å²) < 4.78 is 0. The molecule has 0 saturated carbocycles. The fraction of sp³-hybridized carbons (Fsp3) is 1.00. The summed E-state index contributed by atoms with van der Waals surface area (Å²) in [7, 11) is 0. The average Bonchev–Trinajstić information content (AvgIpc) is 2.78. The van der Waals surface area contributed by atoms with E-state index >= 15 is 0 Å². The van der Waals surface area contributed by atoms with Crippen molar-refractivity contribution < 1.29 is 15.3 Å². The molecule has 0 heterocycles. The molecule has 0 rings (SSSR count). The largest absolute Gasteiger partial charge is 0.396 e. The molecule has 0 bridgehead atoms. The Bertz CT molecular complexity index is 376. The van der Waals surface area contributed by atoms with Crippen molar-refractivity contribution in [2.45, 2.75) is 141 Å². The molecule has 0 amide bonds. The minimum absolute atomic E-state index is 0.0441. The standard InChI is InChI=1S/C27H58N2O3/c1-3-4-5-6-7-8-9-10-11-12-13-14-15-16-17-18-22-29(28)27(20-24-31,21-25-32)26(2)19-23-30/h26,30-32H,3-25,28H2,1-2H3. The number of rotatable bonds is 25. The van der Waals surface area contributed by atoms with Gasteiger partial charge in [-0.05, 0) is 31.6 Å². The smallest absolute Gasteiger partial charge is 0.0449 e. The van der Waals surface area contributed by atoms with Crippen LogP contribution in [0.5, 0.6) is 0 Å². The van der Waals surface area contributed by atoms with Crippen LogP contribution < -0.4 is 5.84 Å². The van der Waals surface area contributed by atoms with Crippen LogP contribution in [0.15, 0.2) is 0 Å². The summed E-state index contributed by atoms with van der Waals surface area (Å²) >= 11 is 0. The van der Waals surface area contributed by atoms with E-state index in [9.17, 15) is 15.3 Å². The molecular formula is C27H58N2O3. The van der Waals surface area contributed by atoms with E-state index in [-0.39, 0.29) is 25.7 Å². The Balaban J connectivity index is 3.80. The van der Waals surface area contributed by atoms with Crippen molar-refractivity contribution in [3.05, 3.63) is 0 Å². The second-order valence-electron chi connectivity index (χ2n) is 9.96. The maximum absolute atomic E-state index is 9.58. The van der Waals surface area contributed by atoms with Crippen LogP contribution in [0.4, 0.5) is 0 Å². The number of hydrogen-bond donors (Lipinski definition) is 4. The van der Waals surface area contributed by atoms with Crippen LogP contribution >= 0.6 is 0 Å². The Morgan fingerprint density at radius 1 is 0.625 bits per heavy atom. The van der Waals surface area contributed by atoms with Crippen LogP contribution in [0.25, 0.3) is 0 Å². The second-order valence-corrected chi connectivity index (χ2v) is 9.96. The zero-order valence-corrected chi connectivity index (χ0v) is 21.7. The van der Waals surface area contributed by atoms with E-state index in [4.69, 9.17) is 5.84 Å².